The molecule has 3 amide bonds. The summed E-state index contributed by atoms with van der Waals surface area (Å²) in [6.07, 6.45) is 0. The van der Waals surface area contributed by atoms with Crippen molar-refractivity contribution in [1.82, 2.24) is 10.6 Å². The molecule has 0 bridgehead atoms. The van der Waals surface area contributed by atoms with Gasteiger partial charge in [-0.25, -0.2) is 9.59 Å². The first kappa shape index (κ1) is 18.6. The predicted molar refractivity (Wildman–Crippen MR) is 82.1 cm³/mol. The van der Waals surface area contributed by atoms with Crippen LogP contribution >= 0.6 is 11.6 Å². The van der Waals surface area contributed by atoms with Gasteiger partial charge in [0.2, 0.25) is 0 Å². The minimum atomic E-state index is -0.793. The highest BCUT2D eigenvalue weighted by Crippen LogP contribution is 2.36. The molecule has 0 saturated carbocycles. The van der Waals surface area contributed by atoms with Gasteiger partial charge in [0.1, 0.15) is 0 Å². The SMILES string of the molecule is CCNC(=O)NC(=O)COC(=O)c1cc(Cl)c(OC)c(OC)c1. The van der Waals surface area contributed by atoms with Crippen molar-refractivity contribution >= 4 is 29.5 Å². The molecule has 0 aromatic heterocycles. The Morgan fingerprint density at radius 1 is 1.17 bits per heavy atom. The van der Waals surface area contributed by atoms with Gasteiger partial charge in [-0.2, -0.15) is 0 Å². The van der Waals surface area contributed by atoms with Crippen LogP contribution in [0.15, 0.2) is 12.1 Å². The van der Waals surface area contributed by atoms with E-state index >= 15 is 0 Å². The van der Waals surface area contributed by atoms with Gasteiger partial charge in [0.25, 0.3) is 5.91 Å². The summed E-state index contributed by atoms with van der Waals surface area (Å²) in [5.74, 6) is -1.02. The number of hydrogen-bond donors (Lipinski definition) is 2. The zero-order valence-corrected chi connectivity index (χ0v) is 13.7. The molecule has 1 rings (SSSR count). The normalized spacial score (nSPS) is 9.74. The monoisotopic (exact) mass is 344 g/mol. The largest absolute Gasteiger partial charge is 0.493 e. The smallest absolute Gasteiger partial charge is 0.338 e. The summed E-state index contributed by atoms with van der Waals surface area (Å²) in [7, 11) is 2.80. The first-order valence-electron chi connectivity index (χ1n) is 6.59. The Morgan fingerprint density at radius 3 is 2.43 bits per heavy atom. The average Bonchev–Trinajstić information content (AvgIpc) is 2.51. The quantitative estimate of drug-likeness (QED) is 0.755. The fraction of sp³-hybridized carbons (Fsp3) is 0.357. The molecule has 126 valence electrons. The lowest BCUT2D eigenvalue weighted by Gasteiger charge is -2.11. The number of methoxy groups -OCH3 is 2. The first-order valence-corrected chi connectivity index (χ1v) is 6.97. The Labute approximate surface area is 138 Å². The number of esters is 1. The van der Waals surface area contributed by atoms with Gasteiger partial charge < -0.3 is 19.5 Å². The van der Waals surface area contributed by atoms with Crippen LogP contribution < -0.4 is 20.1 Å². The number of benzene rings is 1. The predicted octanol–water partition coefficient (Wildman–Crippen LogP) is 1.36. The second-order valence-corrected chi connectivity index (χ2v) is 4.58. The number of ether oxygens (including phenoxy) is 3. The first-order chi connectivity index (χ1) is 10.9. The third-order valence-corrected chi connectivity index (χ3v) is 2.87. The summed E-state index contributed by atoms with van der Waals surface area (Å²) in [6, 6.07) is 2.03. The summed E-state index contributed by atoms with van der Waals surface area (Å²) in [4.78, 5) is 34.5. The van der Waals surface area contributed by atoms with E-state index in [0.29, 0.717) is 6.54 Å². The Bertz CT molecular complexity index is 605. The summed E-state index contributed by atoms with van der Waals surface area (Å²) >= 11 is 5.98. The molecule has 8 nitrogen and oxygen atoms in total. The number of imide groups is 1. The van der Waals surface area contributed by atoms with Crippen LogP contribution in [-0.4, -0.2) is 45.3 Å². The Kier molecular flexibility index (Phi) is 7.14. The molecular weight excluding hydrogens is 328 g/mol. The van der Waals surface area contributed by atoms with Crippen LogP contribution in [0.2, 0.25) is 5.02 Å². The third kappa shape index (κ3) is 5.33. The lowest BCUT2D eigenvalue weighted by atomic mass is 10.2. The van der Waals surface area contributed by atoms with Crippen molar-refractivity contribution < 1.29 is 28.6 Å². The van der Waals surface area contributed by atoms with Crippen LogP contribution in [0, 0.1) is 0 Å². The molecule has 1 aromatic rings. The van der Waals surface area contributed by atoms with Crippen LogP contribution in [0.3, 0.4) is 0 Å². The number of nitrogens with one attached hydrogen (secondary N) is 2. The van der Waals surface area contributed by atoms with Crippen molar-refractivity contribution in [3.8, 4) is 11.5 Å². The van der Waals surface area contributed by atoms with Gasteiger partial charge in [0, 0.05) is 6.54 Å². The summed E-state index contributed by atoms with van der Waals surface area (Å²) in [5.41, 5.74) is 0.0819. The van der Waals surface area contributed by atoms with E-state index < -0.39 is 24.5 Å². The second-order valence-electron chi connectivity index (χ2n) is 4.18. The van der Waals surface area contributed by atoms with Crippen molar-refractivity contribution in [3.63, 3.8) is 0 Å². The van der Waals surface area contributed by atoms with Gasteiger partial charge in [-0.15, -0.1) is 0 Å². The third-order valence-electron chi connectivity index (χ3n) is 2.59. The van der Waals surface area contributed by atoms with Crippen molar-refractivity contribution in [1.29, 1.82) is 0 Å². The number of hydrogen-bond acceptors (Lipinski definition) is 6. The number of rotatable bonds is 6. The number of urea groups is 1. The molecule has 0 unspecified atom stereocenters. The maximum absolute atomic E-state index is 11.9. The zero-order chi connectivity index (χ0) is 17.4. The summed E-state index contributed by atoms with van der Waals surface area (Å²) in [6.45, 7) is 1.45. The van der Waals surface area contributed by atoms with Crippen LogP contribution in [0.4, 0.5) is 4.79 Å². The van der Waals surface area contributed by atoms with Crippen LogP contribution in [0.5, 0.6) is 11.5 Å². The molecule has 0 aliphatic rings. The average molecular weight is 345 g/mol. The van der Waals surface area contributed by atoms with Crippen LogP contribution in [0.25, 0.3) is 0 Å². The molecule has 0 spiro atoms. The van der Waals surface area contributed by atoms with Crippen LogP contribution in [0.1, 0.15) is 17.3 Å². The maximum Gasteiger partial charge on any atom is 0.338 e. The van der Waals surface area contributed by atoms with E-state index in [1.165, 1.54) is 26.4 Å². The van der Waals surface area contributed by atoms with Gasteiger partial charge >= 0.3 is 12.0 Å². The number of carbonyl (C=O) groups excluding carboxylic acids is 3. The fourth-order valence-electron chi connectivity index (χ4n) is 1.62. The lowest BCUT2D eigenvalue weighted by molar-refractivity contribution is -0.123. The van der Waals surface area contributed by atoms with Crippen LogP contribution in [-0.2, 0) is 9.53 Å². The molecule has 0 saturated heterocycles. The number of amides is 3. The second kappa shape index (κ2) is 8.84. The van der Waals surface area contributed by atoms with Gasteiger partial charge in [-0.3, -0.25) is 10.1 Å². The highest BCUT2D eigenvalue weighted by Gasteiger charge is 2.17. The molecule has 0 atom stereocenters. The van der Waals surface area contributed by atoms with Gasteiger partial charge in [-0.05, 0) is 19.1 Å². The molecule has 0 aliphatic heterocycles. The van der Waals surface area contributed by atoms with E-state index in [0.717, 1.165) is 0 Å². The van der Waals surface area contributed by atoms with Gasteiger partial charge in [0.15, 0.2) is 18.1 Å². The van der Waals surface area contributed by atoms with E-state index in [1.807, 2.05) is 5.32 Å². The van der Waals surface area contributed by atoms with E-state index in [-0.39, 0.29) is 22.1 Å². The molecule has 9 heteroatoms. The van der Waals surface area contributed by atoms with Crippen molar-refractivity contribution in [2.24, 2.45) is 0 Å². The summed E-state index contributed by atoms with van der Waals surface area (Å²) in [5, 5.41) is 4.53. The Balaban J connectivity index is 2.70. The van der Waals surface area contributed by atoms with Crippen molar-refractivity contribution in [2.75, 3.05) is 27.4 Å². The van der Waals surface area contributed by atoms with E-state index in [9.17, 15) is 14.4 Å². The zero-order valence-electron chi connectivity index (χ0n) is 12.9. The Morgan fingerprint density at radius 2 is 1.87 bits per heavy atom. The molecule has 2 N–H and O–H groups in total. The summed E-state index contributed by atoms with van der Waals surface area (Å²) < 4.78 is 14.9. The number of carbonyl (C=O) groups is 3. The molecule has 1 aromatic carbocycles. The topological polar surface area (TPSA) is 103 Å². The van der Waals surface area contributed by atoms with Crippen molar-refractivity contribution in [2.45, 2.75) is 6.92 Å². The van der Waals surface area contributed by atoms with E-state index in [2.05, 4.69) is 5.32 Å². The van der Waals surface area contributed by atoms with Gasteiger partial charge in [-0.1, -0.05) is 11.6 Å². The number of halogens is 1. The molecule has 23 heavy (non-hydrogen) atoms. The minimum Gasteiger partial charge on any atom is -0.493 e. The highest BCUT2D eigenvalue weighted by molar-refractivity contribution is 6.32. The molecule has 0 heterocycles. The van der Waals surface area contributed by atoms with E-state index in [4.69, 9.17) is 25.8 Å². The van der Waals surface area contributed by atoms with E-state index in [1.54, 1.807) is 6.92 Å². The van der Waals surface area contributed by atoms with Crippen molar-refractivity contribution in [3.05, 3.63) is 22.7 Å². The minimum absolute atomic E-state index is 0.0819. The lowest BCUT2D eigenvalue weighted by Crippen LogP contribution is -2.41. The fourth-order valence-corrected chi connectivity index (χ4v) is 1.91. The molecule has 0 fully saturated rings. The molecule has 0 aliphatic carbocycles. The Hall–Kier alpha value is -2.48. The maximum atomic E-state index is 11.9. The molecule has 0 radical (unpaired) electrons. The molecular formula is C14H17ClN2O6. The van der Waals surface area contributed by atoms with Gasteiger partial charge in [0.05, 0.1) is 24.8 Å². The standard InChI is InChI=1S/C14H17ClN2O6/c1-4-16-14(20)17-11(18)7-23-13(19)8-5-9(15)12(22-3)10(6-8)21-2/h5-6H,4,7H2,1-3H3,(H2,16,17,18,20). The highest BCUT2D eigenvalue weighted by atomic mass is 35.5.